The summed E-state index contributed by atoms with van der Waals surface area (Å²) in [5.74, 6) is -0.142. The Labute approximate surface area is 136 Å². The molecule has 1 atom stereocenters. The highest BCUT2D eigenvalue weighted by atomic mass is 32.2. The SMILES string of the molecule is CCc1ccc(Sc2cccc(NC(=O)C(N)CC)c2)cc1. The van der Waals surface area contributed by atoms with E-state index in [1.54, 1.807) is 11.8 Å². The molecule has 0 aliphatic rings. The third-order valence-electron chi connectivity index (χ3n) is 3.45. The largest absolute Gasteiger partial charge is 0.325 e. The molecule has 0 saturated carbocycles. The van der Waals surface area contributed by atoms with E-state index in [2.05, 4.69) is 36.5 Å². The van der Waals surface area contributed by atoms with Crippen molar-refractivity contribution in [3.8, 4) is 0 Å². The molecule has 1 unspecified atom stereocenters. The van der Waals surface area contributed by atoms with E-state index in [0.717, 1.165) is 17.0 Å². The van der Waals surface area contributed by atoms with Gasteiger partial charge >= 0.3 is 0 Å². The lowest BCUT2D eigenvalue weighted by molar-refractivity contribution is -0.117. The molecule has 0 fully saturated rings. The van der Waals surface area contributed by atoms with Gasteiger partial charge in [0.1, 0.15) is 0 Å². The molecule has 0 aliphatic heterocycles. The average Bonchev–Trinajstić information content (AvgIpc) is 2.55. The maximum atomic E-state index is 11.8. The summed E-state index contributed by atoms with van der Waals surface area (Å²) in [6.45, 7) is 4.05. The van der Waals surface area contributed by atoms with Crippen molar-refractivity contribution < 1.29 is 4.79 Å². The number of anilines is 1. The number of benzene rings is 2. The second-order valence-corrected chi connectivity index (χ2v) is 6.28. The molecule has 116 valence electrons. The Bertz CT molecular complexity index is 625. The maximum Gasteiger partial charge on any atom is 0.241 e. The highest BCUT2D eigenvalue weighted by Crippen LogP contribution is 2.29. The minimum Gasteiger partial charge on any atom is -0.325 e. The van der Waals surface area contributed by atoms with E-state index in [1.807, 2.05) is 31.2 Å². The quantitative estimate of drug-likeness (QED) is 0.845. The number of nitrogens with one attached hydrogen (secondary N) is 1. The molecule has 0 bridgehead atoms. The van der Waals surface area contributed by atoms with Crippen LogP contribution in [-0.4, -0.2) is 11.9 Å². The third kappa shape index (κ3) is 4.61. The number of aryl methyl sites for hydroxylation is 1. The first-order valence-electron chi connectivity index (χ1n) is 7.55. The number of hydrogen-bond donors (Lipinski definition) is 2. The van der Waals surface area contributed by atoms with E-state index in [0.29, 0.717) is 6.42 Å². The number of rotatable bonds is 6. The van der Waals surface area contributed by atoms with Gasteiger partial charge in [0, 0.05) is 15.5 Å². The van der Waals surface area contributed by atoms with E-state index < -0.39 is 6.04 Å². The monoisotopic (exact) mass is 314 g/mol. The van der Waals surface area contributed by atoms with Crippen LogP contribution in [0.2, 0.25) is 0 Å². The number of carbonyl (C=O) groups is 1. The lowest BCUT2D eigenvalue weighted by Gasteiger charge is -2.11. The fourth-order valence-corrected chi connectivity index (χ4v) is 2.86. The van der Waals surface area contributed by atoms with Crippen LogP contribution < -0.4 is 11.1 Å². The zero-order valence-electron chi connectivity index (χ0n) is 13.0. The molecule has 22 heavy (non-hydrogen) atoms. The summed E-state index contributed by atoms with van der Waals surface area (Å²) in [5, 5.41) is 2.86. The van der Waals surface area contributed by atoms with E-state index in [4.69, 9.17) is 5.73 Å². The van der Waals surface area contributed by atoms with Crippen LogP contribution in [0.4, 0.5) is 5.69 Å². The lowest BCUT2D eigenvalue weighted by Crippen LogP contribution is -2.34. The van der Waals surface area contributed by atoms with E-state index in [-0.39, 0.29) is 5.91 Å². The minimum absolute atomic E-state index is 0.142. The van der Waals surface area contributed by atoms with Gasteiger partial charge in [-0.05, 0) is 48.7 Å². The van der Waals surface area contributed by atoms with Crippen molar-refractivity contribution in [2.45, 2.75) is 42.5 Å². The van der Waals surface area contributed by atoms with Crippen LogP contribution in [0, 0.1) is 0 Å². The van der Waals surface area contributed by atoms with Crippen molar-refractivity contribution in [2.75, 3.05) is 5.32 Å². The normalized spacial score (nSPS) is 12.0. The highest BCUT2D eigenvalue weighted by molar-refractivity contribution is 7.99. The zero-order chi connectivity index (χ0) is 15.9. The van der Waals surface area contributed by atoms with Crippen molar-refractivity contribution in [1.82, 2.24) is 0 Å². The van der Waals surface area contributed by atoms with Gasteiger partial charge < -0.3 is 11.1 Å². The van der Waals surface area contributed by atoms with Gasteiger partial charge in [-0.15, -0.1) is 0 Å². The molecule has 0 aromatic heterocycles. The Morgan fingerprint density at radius 1 is 1.14 bits per heavy atom. The standard InChI is InChI=1S/C18H22N2OS/c1-3-13-8-10-15(11-9-13)22-16-7-5-6-14(12-16)20-18(21)17(19)4-2/h5-12,17H,3-4,19H2,1-2H3,(H,20,21). The summed E-state index contributed by atoms with van der Waals surface area (Å²) in [7, 11) is 0. The van der Waals surface area contributed by atoms with Gasteiger partial charge in [-0.25, -0.2) is 0 Å². The van der Waals surface area contributed by atoms with Gasteiger partial charge in [-0.3, -0.25) is 4.79 Å². The molecule has 0 spiro atoms. The first kappa shape index (κ1) is 16.6. The molecular formula is C18H22N2OS. The van der Waals surface area contributed by atoms with E-state index >= 15 is 0 Å². The smallest absolute Gasteiger partial charge is 0.241 e. The molecule has 1 amide bonds. The summed E-state index contributed by atoms with van der Waals surface area (Å²) >= 11 is 1.68. The van der Waals surface area contributed by atoms with Crippen molar-refractivity contribution >= 4 is 23.4 Å². The molecule has 0 saturated heterocycles. The highest BCUT2D eigenvalue weighted by Gasteiger charge is 2.11. The van der Waals surface area contributed by atoms with E-state index in [9.17, 15) is 4.79 Å². The van der Waals surface area contributed by atoms with Crippen LogP contribution in [0.5, 0.6) is 0 Å². The number of carbonyl (C=O) groups excluding carboxylic acids is 1. The predicted octanol–water partition coefficient (Wildman–Crippen LogP) is 4.08. The van der Waals surface area contributed by atoms with Gasteiger partial charge in [0.05, 0.1) is 6.04 Å². The molecular weight excluding hydrogens is 292 g/mol. The summed E-state index contributed by atoms with van der Waals surface area (Å²) < 4.78 is 0. The molecule has 0 aliphatic carbocycles. The van der Waals surface area contributed by atoms with Gasteiger partial charge in [0.2, 0.25) is 5.91 Å². The zero-order valence-corrected chi connectivity index (χ0v) is 13.8. The molecule has 2 aromatic carbocycles. The van der Waals surface area contributed by atoms with Crippen LogP contribution in [-0.2, 0) is 11.2 Å². The molecule has 2 aromatic rings. The molecule has 3 N–H and O–H groups in total. The Kier molecular flexibility index (Phi) is 6.04. The van der Waals surface area contributed by atoms with Gasteiger partial charge in [0.15, 0.2) is 0 Å². The second-order valence-electron chi connectivity index (χ2n) is 5.13. The molecule has 4 heteroatoms. The third-order valence-corrected chi connectivity index (χ3v) is 4.44. The van der Waals surface area contributed by atoms with Crippen molar-refractivity contribution in [3.63, 3.8) is 0 Å². The summed E-state index contributed by atoms with van der Waals surface area (Å²) in [6, 6.07) is 15.9. The Morgan fingerprint density at radius 3 is 2.50 bits per heavy atom. The predicted molar refractivity (Wildman–Crippen MR) is 93.3 cm³/mol. The number of hydrogen-bond acceptors (Lipinski definition) is 3. The molecule has 2 rings (SSSR count). The van der Waals surface area contributed by atoms with Crippen LogP contribution >= 0.6 is 11.8 Å². The lowest BCUT2D eigenvalue weighted by atomic mass is 10.2. The second kappa shape index (κ2) is 8.01. The van der Waals surface area contributed by atoms with Crippen molar-refractivity contribution in [1.29, 1.82) is 0 Å². The van der Waals surface area contributed by atoms with Gasteiger partial charge in [-0.1, -0.05) is 43.8 Å². The van der Waals surface area contributed by atoms with Crippen LogP contribution in [0.1, 0.15) is 25.8 Å². The molecule has 0 heterocycles. The fourth-order valence-electron chi connectivity index (χ4n) is 1.99. The maximum absolute atomic E-state index is 11.8. The first-order valence-corrected chi connectivity index (χ1v) is 8.37. The topological polar surface area (TPSA) is 55.1 Å². The van der Waals surface area contributed by atoms with Gasteiger partial charge in [0.25, 0.3) is 0 Å². The Morgan fingerprint density at radius 2 is 1.86 bits per heavy atom. The Hall–Kier alpha value is -1.78. The summed E-state index contributed by atoms with van der Waals surface area (Å²) in [4.78, 5) is 14.1. The summed E-state index contributed by atoms with van der Waals surface area (Å²) in [5.41, 5.74) is 7.85. The number of nitrogens with two attached hydrogens (primary N) is 1. The Balaban J connectivity index is 2.05. The van der Waals surface area contributed by atoms with Crippen LogP contribution in [0.25, 0.3) is 0 Å². The van der Waals surface area contributed by atoms with Crippen molar-refractivity contribution in [3.05, 3.63) is 54.1 Å². The molecule has 0 radical (unpaired) electrons. The van der Waals surface area contributed by atoms with E-state index in [1.165, 1.54) is 10.5 Å². The van der Waals surface area contributed by atoms with Crippen molar-refractivity contribution in [2.24, 2.45) is 5.73 Å². The minimum atomic E-state index is -0.460. The summed E-state index contributed by atoms with van der Waals surface area (Å²) in [6.07, 6.45) is 1.67. The van der Waals surface area contributed by atoms with Crippen LogP contribution in [0.3, 0.4) is 0 Å². The fraction of sp³-hybridized carbons (Fsp3) is 0.278. The number of amides is 1. The van der Waals surface area contributed by atoms with Crippen LogP contribution in [0.15, 0.2) is 58.3 Å². The average molecular weight is 314 g/mol. The first-order chi connectivity index (χ1) is 10.6. The van der Waals surface area contributed by atoms with Gasteiger partial charge in [-0.2, -0.15) is 0 Å². The molecule has 3 nitrogen and oxygen atoms in total.